The second-order valence-corrected chi connectivity index (χ2v) is 24.4. The molecule has 97 heavy (non-hydrogen) atoms. The number of rotatable bonds is 24. The standard InChI is InChI=1S/C20H27FN2O4.C15H19FN2O2.C12H15NO2.C11H13NO2.C7H9NO2.C7H8O3S/c1-5-6-7-18-23-16-10-15(8-9-17(16)26-18)25-13-14(11-21)12-22-19(24)27-20(2,3)4;1-2-3-4-15-18-13-7-12(5-6-14(13)20-15)19-10-11(8-16)9-17;1-3-4-5-12-13-10-8-9(14-2)6-7-11(10)15-12;1-2-3-4-11-12-9-7-8(13)5-6-10(9)14-11;1-10-5-2-3-7(9)6(8)4-5;1-6-2-4-7(5-3-6)11(8,9)10/h8-11H,5-7,12-13H2,1-4H3,(H,22,24);5-8H,2-4,9-10,17H2,1H3;6-8H,3-5H2,1-2H3;5-7,13H,2-4H2,1H3;2-4,9H,8H2,1H3;2-5H,1H3,(H,8,9,10)/b14-11+;11-8+;;;;. The number of methoxy groups -OCH3 is 2. The normalized spacial score (nSPS) is 11.4. The number of ether oxygens (including phenoxy) is 5. The van der Waals surface area contributed by atoms with E-state index in [1.807, 2.05) is 31.2 Å². The maximum atomic E-state index is 13.1. The van der Waals surface area contributed by atoms with Crippen LogP contribution < -0.4 is 35.7 Å². The van der Waals surface area contributed by atoms with Gasteiger partial charge in [0.2, 0.25) is 0 Å². The van der Waals surface area contributed by atoms with Gasteiger partial charge in [-0.3, -0.25) is 4.55 Å². The summed E-state index contributed by atoms with van der Waals surface area (Å²) in [6.07, 6.45) is 12.4. The first-order valence-electron chi connectivity index (χ1n) is 31.9. The molecule has 22 nitrogen and oxygen atoms in total. The molecule has 1 amide bonds. The number of nitrogens with one attached hydrogen (secondary N) is 1. The van der Waals surface area contributed by atoms with Gasteiger partial charge in [0.15, 0.2) is 45.9 Å². The number of hydrogen-bond acceptors (Lipinski definition) is 20. The molecule has 524 valence electrons. The second-order valence-electron chi connectivity index (χ2n) is 23.0. The molecule has 0 radical (unpaired) electrons. The van der Waals surface area contributed by atoms with E-state index in [4.69, 9.17) is 62.5 Å². The van der Waals surface area contributed by atoms with Crippen molar-refractivity contribution >= 4 is 66.3 Å². The molecule has 4 aromatic heterocycles. The van der Waals surface area contributed by atoms with E-state index in [0.29, 0.717) is 58.2 Å². The van der Waals surface area contributed by atoms with Crippen LogP contribution in [0.4, 0.5) is 19.3 Å². The van der Waals surface area contributed by atoms with E-state index in [-0.39, 0.29) is 48.3 Å². The zero-order valence-electron chi connectivity index (χ0n) is 56.8. The molecule has 25 heteroatoms. The Bertz CT molecular complexity index is 4200. The zero-order chi connectivity index (χ0) is 70.9. The van der Waals surface area contributed by atoms with E-state index < -0.39 is 21.8 Å². The van der Waals surface area contributed by atoms with Crippen molar-refractivity contribution in [3.63, 3.8) is 0 Å². The number of aromatic nitrogens is 4. The minimum atomic E-state index is -4.02. The molecule has 10 aromatic rings. The van der Waals surface area contributed by atoms with Crippen LogP contribution in [0.25, 0.3) is 44.4 Å². The molecule has 8 N–H and O–H groups in total. The quantitative estimate of drug-likeness (QED) is 0.0186. The lowest BCUT2D eigenvalue weighted by Crippen LogP contribution is -2.34. The van der Waals surface area contributed by atoms with E-state index >= 15 is 0 Å². The maximum absolute atomic E-state index is 13.1. The SMILES string of the molecule is CCCCc1nc2cc(O)ccc2o1.CCCCc1nc2cc(OC)ccc2o1.CCCCc1nc2cc(OC/C(=C/F)CN)ccc2o1.CCCCc1nc2cc(OC/C(=C/F)CNC(=O)OC(C)(C)C)ccc2o1.COc1ccc(O)c(N)c1.Cc1ccc(S(=O)(=O)O)cc1. The zero-order valence-corrected chi connectivity index (χ0v) is 57.6. The molecule has 0 atom stereocenters. The van der Waals surface area contributed by atoms with Crippen LogP contribution in [-0.4, -0.2) is 95.3 Å². The van der Waals surface area contributed by atoms with Crippen LogP contribution in [0.2, 0.25) is 0 Å². The number of phenolic OH excluding ortho intramolecular Hbond substituents is 2. The van der Waals surface area contributed by atoms with E-state index in [2.05, 4.69) is 52.9 Å². The number of carbonyl (C=O) groups excluding carboxylic acids is 1. The van der Waals surface area contributed by atoms with Crippen molar-refractivity contribution in [2.24, 2.45) is 5.73 Å². The summed E-state index contributed by atoms with van der Waals surface area (Å²) in [5, 5.41) is 20.7. The molecule has 0 bridgehead atoms. The number of nitrogens with two attached hydrogens (primary N) is 2. The number of amides is 1. The molecule has 0 aliphatic carbocycles. The fraction of sp³-hybridized carbons (Fsp3) is 0.375. The van der Waals surface area contributed by atoms with E-state index in [1.165, 1.54) is 18.2 Å². The van der Waals surface area contributed by atoms with Gasteiger partial charge in [-0.15, -0.1) is 0 Å². The number of oxazole rings is 4. The van der Waals surface area contributed by atoms with Gasteiger partial charge in [-0.25, -0.2) is 33.5 Å². The smallest absolute Gasteiger partial charge is 0.407 e. The number of anilines is 1. The highest BCUT2D eigenvalue weighted by molar-refractivity contribution is 7.85. The molecule has 6 aromatic carbocycles. The van der Waals surface area contributed by atoms with Crippen molar-refractivity contribution in [3.8, 4) is 34.5 Å². The minimum Gasteiger partial charge on any atom is -0.508 e. The Morgan fingerprint density at radius 1 is 0.567 bits per heavy atom. The number of benzene rings is 6. The number of alkyl carbamates (subject to hydrolysis) is 1. The summed E-state index contributed by atoms with van der Waals surface area (Å²) in [6.45, 7) is 15.9. The topological polar surface area (TPSA) is 326 Å². The number of aromatic hydroxyl groups is 2. The molecule has 0 saturated carbocycles. The molecule has 0 fully saturated rings. The van der Waals surface area contributed by atoms with Crippen molar-refractivity contribution in [2.45, 2.75) is 143 Å². The molecule has 0 spiro atoms. The van der Waals surface area contributed by atoms with Gasteiger partial charge in [0.25, 0.3) is 10.1 Å². The van der Waals surface area contributed by atoms with E-state index in [1.54, 1.807) is 108 Å². The third-order valence-electron chi connectivity index (χ3n) is 13.7. The lowest BCUT2D eigenvalue weighted by Gasteiger charge is -2.20. The molecule has 0 aliphatic rings. The highest BCUT2D eigenvalue weighted by Gasteiger charge is 2.17. The van der Waals surface area contributed by atoms with Gasteiger partial charge in [0, 0.05) is 80.3 Å². The van der Waals surface area contributed by atoms with Gasteiger partial charge >= 0.3 is 6.09 Å². The predicted octanol–water partition coefficient (Wildman–Crippen LogP) is 16.6. The van der Waals surface area contributed by atoms with Crippen LogP contribution in [0, 0.1) is 6.92 Å². The van der Waals surface area contributed by atoms with Gasteiger partial charge in [-0.2, -0.15) is 8.42 Å². The fourth-order valence-corrected chi connectivity index (χ4v) is 8.83. The lowest BCUT2D eigenvalue weighted by molar-refractivity contribution is 0.0531. The van der Waals surface area contributed by atoms with Crippen LogP contribution in [0.15, 0.2) is 162 Å². The maximum Gasteiger partial charge on any atom is 0.407 e. The third-order valence-corrected chi connectivity index (χ3v) is 14.5. The number of aryl methyl sites for hydroxylation is 5. The first-order chi connectivity index (χ1) is 46.4. The third kappa shape index (κ3) is 27.5. The van der Waals surface area contributed by atoms with Gasteiger partial charge in [-0.1, -0.05) is 71.1 Å². The van der Waals surface area contributed by atoms with Crippen molar-refractivity contribution in [3.05, 3.63) is 168 Å². The summed E-state index contributed by atoms with van der Waals surface area (Å²) < 4.78 is 104. The predicted molar refractivity (Wildman–Crippen MR) is 371 cm³/mol. The van der Waals surface area contributed by atoms with Gasteiger partial charge in [0.1, 0.15) is 75.4 Å². The summed E-state index contributed by atoms with van der Waals surface area (Å²) in [5.74, 6) is 5.98. The van der Waals surface area contributed by atoms with Gasteiger partial charge in [-0.05, 0) is 126 Å². The summed E-state index contributed by atoms with van der Waals surface area (Å²) in [4.78, 5) is 29.1. The number of unbranched alkanes of at least 4 members (excludes halogenated alkanes) is 4. The van der Waals surface area contributed by atoms with E-state index in [0.717, 1.165) is 139 Å². The summed E-state index contributed by atoms with van der Waals surface area (Å²) in [7, 11) is -0.820. The van der Waals surface area contributed by atoms with Crippen LogP contribution in [0.5, 0.6) is 34.5 Å². The summed E-state index contributed by atoms with van der Waals surface area (Å²) in [6, 6.07) is 32.0. The van der Waals surface area contributed by atoms with Gasteiger partial charge in [0.05, 0.1) is 37.5 Å². The van der Waals surface area contributed by atoms with Crippen LogP contribution >= 0.6 is 0 Å². The van der Waals surface area contributed by atoms with Crippen molar-refractivity contribution in [2.75, 3.05) is 46.3 Å². The molecular formula is C72H91F2N7O15S. The Morgan fingerprint density at radius 3 is 1.33 bits per heavy atom. The highest BCUT2D eigenvalue weighted by Crippen LogP contribution is 2.28. The Hall–Kier alpha value is -9.72. The molecule has 4 heterocycles. The Kier molecular flexibility index (Phi) is 32.1. The molecule has 10 rings (SSSR count). The van der Waals surface area contributed by atoms with Crippen molar-refractivity contribution in [1.82, 2.24) is 25.3 Å². The van der Waals surface area contributed by atoms with Crippen LogP contribution in [-0.2, 0) is 40.5 Å². The number of hydrogen-bond donors (Lipinski definition) is 6. The number of nitrogens with zero attached hydrogens (tertiary/aromatic N) is 4. The highest BCUT2D eigenvalue weighted by atomic mass is 32.2. The number of halogens is 2. The molecule has 0 unspecified atom stereocenters. The summed E-state index contributed by atoms with van der Waals surface area (Å²) in [5.41, 5.74) is 18.2. The summed E-state index contributed by atoms with van der Waals surface area (Å²) >= 11 is 0. The lowest BCUT2D eigenvalue weighted by atomic mass is 10.2. The molecular weight excluding hydrogens is 1270 g/mol. The van der Waals surface area contributed by atoms with Crippen LogP contribution in [0.3, 0.4) is 0 Å². The number of carbonyl (C=O) groups is 1. The van der Waals surface area contributed by atoms with Crippen molar-refractivity contribution in [1.29, 1.82) is 0 Å². The average Bonchev–Trinajstić information content (AvgIpc) is 1.73. The first kappa shape index (κ1) is 78.0. The minimum absolute atomic E-state index is 0.00121. The van der Waals surface area contributed by atoms with E-state index in [9.17, 15) is 27.1 Å². The number of fused-ring (bicyclic) bond motifs is 4. The molecule has 0 saturated heterocycles. The first-order valence-corrected chi connectivity index (χ1v) is 33.3. The Labute approximate surface area is 564 Å². The second kappa shape index (κ2) is 40.0. The Balaban J connectivity index is 0.000000217. The fourth-order valence-electron chi connectivity index (χ4n) is 8.35. The monoisotopic (exact) mass is 1360 g/mol. The molecule has 0 aliphatic heterocycles. The largest absolute Gasteiger partial charge is 0.508 e. The number of phenols is 2. The van der Waals surface area contributed by atoms with Crippen molar-refractivity contribution < 1.29 is 78.1 Å². The Morgan fingerprint density at radius 2 is 0.948 bits per heavy atom. The van der Waals surface area contributed by atoms with Gasteiger partial charge < -0.3 is 68.4 Å². The number of nitrogen functional groups attached to an aromatic ring is 1. The van der Waals surface area contributed by atoms with Crippen LogP contribution in [0.1, 0.15) is 129 Å². The average molecular weight is 1360 g/mol.